The van der Waals surface area contributed by atoms with E-state index in [1.165, 1.54) is 10.4 Å². The van der Waals surface area contributed by atoms with Crippen LogP contribution in [0.15, 0.2) is 24.3 Å². The molecule has 3 nitrogen and oxygen atoms in total. The first-order chi connectivity index (χ1) is 9.60. The number of nitrogens with zero attached hydrogens (tertiary/aromatic N) is 1. The lowest BCUT2D eigenvalue weighted by molar-refractivity contribution is -0.116. The monoisotopic (exact) mass is 288 g/mol. The highest BCUT2D eigenvalue weighted by atomic mass is 32.1. The summed E-state index contributed by atoms with van der Waals surface area (Å²) in [6, 6.07) is 7.95. The minimum absolute atomic E-state index is 0.0661. The number of aromatic nitrogens is 1. The molecule has 1 amide bonds. The topological polar surface area (TPSA) is 42.0 Å². The van der Waals surface area contributed by atoms with Crippen LogP contribution in [0.1, 0.15) is 34.5 Å². The Morgan fingerprint density at radius 2 is 2.05 bits per heavy atom. The Kier molecular flexibility index (Phi) is 4.90. The Morgan fingerprint density at radius 1 is 1.30 bits per heavy atom. The van der Waals surface area contributed by atoms with Crippen LogP contribution in [-0.4, -0.2) is 10.9 Å². The van der Waals surface area contributed by atoms with Gasteiger partial charge in [-0.25, -0.2) is 4.98 Å². The number of benzene rings is 1. The number of carbonyl (C=O) groups excluding carboxylic acids is 1. The zero-order valence-corrected chi connectivity index (χ0v) is 13.0. The molecule has 1 N–H and O–H groups in total. The van der Waals surface area contributed by atoms with Crippen molar-refractivity contribution in [1.29, 1.82) is 0 Å². The summed E-state index contributed by atoms with van der Waals surface area (Å²) in [5.41, 5.74) is 3.15. The van der Waals surface area contributed by atoms with Gasteiger partial charge in [0.05, 0.1) is 10.7 Å². The fraction of sp³-hybridized carbons (Fsp3) is 0.375. The van der Waals surface area contributed by atoms with E-state index in [-0.39, 0.29) is 5.91 Å². The standard InChI is InChI=1S/C16H20N2OS/c1-4-13-7-5-6-8-14(13)18-16(19)10-9-15-11(2)17-12(3)20-15/h5-8H,4,9-10H2,1-3H3,(H,18,19). The summed E-state index contributed by atoms with van der Waals surface area (Å²) in [5, 5.41) is 4.07. The maximum atomic E-state index is 12.0. The van der Waals surface area contributed by atoms with Gasteiger partial charge in [0.15, 0.2) is 0 Å². The molecule has 0 aliphatic heterocycles. The van der Waals surface area contributed by atoms with Gasteiger partial charge >= 0.3 is 0 Å². The Morgan fingerprint density at radius 3 is 2.70 bits per heavy atom. The van der Waals surface area contributed by atoms with E-state index in [0.29, 0.717) is 6.42 Å². The number of carbonyl (C=O) groups is 1. The quantitative estimate of drug-likeness (QED) is 0.906. The average molecular weight is 288 g/mol. The lowest BCUT2D eigenvalue weighted by Crippen LogP contribution is -2.13. The van der Waals surface area contributed by atoms with Gasteiger partial charge in [-0.05, 0) is 38.3 Å². The smallest absolute Gasteiger partial charge is 0.224 e. The molecular weight excluding hydrogens is 268 g/mol. The van der Waals surface area contributed by atoms with Crippen LogP contribution in [-0.2, 0) is 17.6 Å². The van der Waals surface area contributed by atoms with E-state index in [4.69, 9.17) is 0 Å². The average Bonchev–Trinajstić information content (AvgIpc) is 2.75. The Balaban J connectivity index is 1.94. The van der Waals surface area contributed by atoms with E-state index < -0.39 is 0 Å². The lowest BCUT2D eigenvalue weighted by atomic mass is 10.1. The molecule has 0 unspecified atom stereocenters. The van der Waals surface area contributed by atoms with Crippen molar-refractivity contribution < 1.29 is 4.79 Å². The summed E-state index contributed by atoms with van der Waals surface area (Å²) in [5.74, 6) is 0.0661. The third kappa shape index (κ3) is 3.67. The summed E-state index contributed by atoms with van der Waals surface area (Å²) in [6.07, 6.45) is 2.18. The second-order valence-corrected chi connectivity index (χ2v) is 6.09. The van der Waals surface area contributed by atoms with E-state index in [0.717, 1.165) is 29.2 Å². The lowest BCUT2D eigenvalue weighted by Gasteiger charge is -2.09. The minimum Gasteiger partial charge on any atom is -0.326 e. The summed E-state index contributed by atoms with van der Waals surface area (Å²) in [7, 11) is 0. The summed E-state index contributed by atoms with van der Waals surface area (Å²) < 4.78 is 0. The number of thiazole rings is 1. The molecule has 2 rings (SSSR count). The molecule has 4 heteroatoms. The highest BCUT2D eigenvalue weighted by Gasteiger charge is 2.09. The summed E-state index contributed by atoms with van der Waals surface area (Å²) in [4.78, 5) is 17.6. The van der Waals surface area contributed by atoms with E-state index in [1.807, 2.05) is 38.1 Å². The number of nitrogens with one attached hydrogen (secondary N) is 1. The third-order valence-electron chi connectivity index (χ3n) is 3.25. The summed E-state index contributed by atoms with van der Waals surface area (Å²) in [6.45, 7) is 6.09. The fourth-order valence-electron chi connectivity index (χ4n) is 2.20. The molecule has 0 aliphatic carbocycles. The van der Waals surface area contributed by atoms with Crippen molar-refractivity contribution in [3.63, 3.8) is 0 Å². The molecule has 0 saturated heterocycles. The predicted molar refractivity (Wildman–Crippen MR) is 84.4 cm³/mol. The van der Waals surface area contributed by atoms with Crippen LogP contribution in [0.4, 0.5) is 5.69 Å². The van der Waals surface area contributed by atoms with Gasteiger partial charge in [0, 0.05) is 17.0 Å². The molecule has 0 aliphatic rings. The fourth-order valence-corrected chi connectivity index (χ4v) is 3.13. The number of anilines is 1. The van der Waals surface area contributed by atoms with E-state index >= 15 is 0 Å². The molecule has 20 heavy (non-hydrogen) atoms. The van der Waals surface area contributed by atoms with Gasteiger partial charge in [-0.3, -0.25) is 4.79 Å². The van der Waals surface area contributed by atoms with E-state index in [1.54, 1.807) is 11.3 Å². The highest BCUT2D eigenvalue weighted by molar-refractivity contribution is 7.11. The number of hydrogen-bond acceptors (Lipinski definition) is 3. The van der Waals surface area contributed by atoms with Crippen LogP contribution in [0, 0.1) is 13.8 Å². The second kappa shape index (κ2) is 6.66. The van der Waals surface area contributed by atoms with Gasteiger partial charge in [-0.2, -0.15) is 0 Å². The highest BCUT2D eigenvalue weighted by Crippen LogP contribution is 2.20. The zero-order chi connectivity index (χ0) is 14.5. The molecular formula is C16H20N2OS. The molecule has 0 spiro atoms. The number of aryl methyl sites for hydroxylation is 4. The molecule has 106 valence electrons. The zero-order valence-electron chi connectivity index (χ0n) is 12.2. The predicted octanol–water partition coefficient (Wildman–Crippen LogP) is 3.89. The van der Waals surface area contributed by atoms with E-state index in [2.05, 4.69) is 17.2 Å². The van der Waals surface area contributed by atoms with Crippen molar-refractivity contribution in [3.8, 4) is 0 Å². The van der Waals surface area contributed by atoms with Gasteiger partial charge in [0.2, 0.25) is 5.91 Å². The molecule has 0 atom stereocenters. The van der Waals surface area contributed by atoms with Crippen LogP contribution in [0.3, 0.4) is 0 Å². The Labute approximate surface area is 124 Å². The molecule has 0 bridgehead atoms. The first-order valence-electron chi connectivity index (χ1n) is 6.90. The minimum atomic E-state index is 0.0661. The largest absolute Gasteiger partial charge is 0.326 e. The molecule has 0 saturated carbocycles. The maximum Gasteiger partial charge on any atom is 0.224 e. The van der Waals surface area contributed by atoms with Crippen LogP contribution < -0.4 is 5.32 Å². The van der Waals surface area contributed by atoms with Crippen LogP contribution in [0.2, 0.25) is 0 Å². The molecule has 1 aromatic carbocycles. The van der Waals surface area contributed by atoms with Crippen molar-refractivity contribution in [2.45, 2.75) is 40.0 Å². The molecule has 0 radical (unpaired) electrons. The maximum absolute atomic E-state index is 12.0. The number of para-hydroxylation sites is 1. The van der Waals surface area contributed by atoms with Crippen LogP contribution in [0.25, 0.3) is 0 Å². The van der Waals surface area contributed by atoms with Gasteiger partial charge in [-0.15, -0.1) is 11.3 Å². The molecule has 1 heterocycles. The molecule has 2 aromatic rings. The number of amides is 1. The normalized spacial score (nSPS) is 10.6. The summed E-state index contributed by atoms with van der Waals surface area (Å²) >= 11 is 1.68. The van der Waals surface area contributed by atoms with E-state index in [9.17, 15) is 4.79 Å². The van der Waals surface area contributed by atoms with Crippen LogP contribution in [0.5, 0.6) is 0 Å². The van der Waals surface area contributed by atoms with Crippen molar-refractivity contribution in [2.75, 3.05) is 5.32 Å². The number of hydrogen-bond donors (Lipinski definition) is 1. The van der Waals surface area contributed by atoms with Crippen molar-refractivity contribution in [3.05, 3.63) is 45.4 Å². The van der Waals surface area contributed by atoms with Gasteiger partial charge in [0.1, 0.15) is 0 Å². The first-order valence-corrected chi connectivity index (χ1v) is 7.72. The van der Waals surface area contributed by atoms with Gasteiger partial charge < -0.3 is 5.32 Å². The van der Waals surface area contributed by atoms with Crippen molar-refractivity contribution >= 4 is 22.9 Å². The Bertz CT molecular complexity index is 604. The number of rotatable bonds is 5. The van der Waals surface area contributed by atoms with Crippen molar-refractivity contribution in [1.82, 2.24) is 4.98 Å². The van der Waals surface area contributed by atoms with Gasteiger partial charge in [-0.1, -0.05) is 25.1 Å². The SMILES string of the molecule is CCc1ccccc1NC(=O)CCc1sc(C)nc1C. The molecule has 0 fully saturated rings. The van der Waals surface area contributed by atoms with Gasteiger partial charge in [0.25, 0.3) is 0 Å². The first kappa shape index (κ1) is 14.7. The second-order valence-electron chi connectivity index (χ2n) is 4.80. The Hall–Kier alpha value is -1.68. The van der Waals surface area contributed by atoms with Crippen LogP contribution >= 0.6 is 11.3 Å². The third-order valence-corrected chi connectivity index (χ3v) is 4.38. The molecule has 1 aromatic heterocycles. The van der Waals surface area contributed by atoms with Crippen molar-refractivity contribution in [2.24, 2.45) is 0 Å².